The molecule has 2 heterocycles. The highest BCUT2D eigenvalue weighted by Crippen LogP contribution is 2.33. The molecule has 1 unspecified atom stereocenters. The molecule has 24 heavy (non-hydrogen) atoms. The van der Waals surface area contributed by atoms with Crippen molar-refractivity contribution >= 4 is 12.0 Å². The van der Waals surface area contributed by atoms with Crippen LogP contribution in [0.2, 0.25) is 0 Å². The number of hydrogen-bond acceptors (Lipinski definition) is 4. The molecule has 0 bridgehead atoms. The van der Waals surface area contributed by atoms with Gasteiger partial charge in [-0.15, -0.1) is 0 Å². The predicted molar refractivity (Wildman–Crippen MR) is 77.3 cm³/mol. The van der Waals surface area contributed by atoms with Crippen LogP contribution in [0.4, 0.5) is 24.0 Å². The maximum Gasteiger partial charge on any atom is 0.436 e. The number of amides is 2. The quantitative estimate of drug-likeness (QED) is 0.872. The second-order valence-corrected chi connectivity index (χ2v) is 5.41. The van der Waals surface area contributed by atoms with Crippen LogP contribution < -0.4 is 5.32 Å². The van der Waals surface area contributed by atoms with Gasteiger partial charge in [0.2, 0.25) is 0 Å². The Hall–Kier alpha value is -2.71. The van der Waals surface area contributed by atoms with E-state index in [1.165, 1.54) is 17.0 Å². The van der Waals surface area contributed by atoms with E-state index in [4.69, 9.17) is 0 Å². The number of urea groups is 1. The smallest absolute Gasteiger partial charge is 0.436 e. The minimum Gasteiger partial charge on any atom is -0.508 e. The summed E-state index contributed by atoms with van der Waals surface area (Å²) in [5, 5.41) is 11.6. The minimum absolute atomic E-state index is 0.118. The lowest BCUT2D eigenvalue weighted by molar-refractivity contribution is -0.141. The highest BCUT2D eigenvalue weighted by molar-refractivity contribution is 5.87. The van der Waals surface area contributed by atoms with E-state index in [-0.39, 0.29) is 11.8 Å². The van der Waals surface area contributed by atoms with Gasteiger partial charge in [0.15, 0.2) is 5.69 Å². The highest BCUT2D eigenvalue weighted by Gasteiger charge is 2.36. The third-order valence-corrected chi connectivity index (χ3v) is 3.80. The van der Waals surface area contributed by atoms with Crippen molar-refractivity contribution in [3.8, 4) is 5.75 Å². The first-order valence-electron chi connectivity index (χ1n) is 7.24. The molecule has 1 aliphatic rings. The van der Waals surface area contributed by atoms with Crippen molar-refractivity contribution in [2.45, 2.75) is 25.1 Å². The number of nitrogens with one attached hydrogen (secondary N) is 1. The van der Waals surface area contributed by atoms with Gasteiger partial charge in [-0.3, -0.25) is 5.32 Å². The van der Waals surface area contributed by atoms with Crippen LogP contribution >= 0.6 is 0 Å². The molecule has 0 saturated carbocycles. The van der Waals surface area contributed by atoms with Gasteiger partial charge in [0.05, 0.1) is 6.04 Å². The normalized spacial score (nSPS) is 18.0. The van der Waals surface area contributed by atoms with Gasteiger partial charge in [-0.25, -0.2) is 4.79 Å². The SMILES string of the molecule is O=C(Nc1nc(C(F)(F)F)co1)N1CCCC1c1ccc(O)cc1. The molecule has 1 aliphatic heterocycles. The number of oxazole rings is 1. The Morgan fingerprint density at radius 3 is 2.67 bits per heavy atom. The number of nitrogens with zero attached hydrogens (tertiary/aromatic N) is 2. The number of carbonyl (C=O) groups is 1. The predicted octanol–water partition coefficient (Wildman–Crippen LogP) is 3.77. The van der Waals surface area contributed by atoms with Crippen LogP contribution in [0.15, 0.2) is 34.9 Å². The number of phenolic OH excluding ortho intramolecular Hbond substituents is 1. The van der Waals surface area contributed by atoms with E-state index in [9.17, 15) is 23.1 Å². The van der Waals surface area contributed by atoms with Gasteiger partial charge in [0.25, 0.3) is 0 Å². The van der Waals surface area contributed by atoms with Gasteiger partial charge in [0, 0.05) is 6.54 Å². The Bertz CT molecular complexity index is 728. The van der Waals surface area contributed by atoms with Crippen LogP contribution in [-0.2, 0) is 6.18 Å². The molecule has 128 valence electrons. The molecular formula is C15H14F3N3O3. The lowest BCUT2D eigenvalue weighted by atomic mass is 10.0. The molecule has 2 aromatic rings. The average molecular weight is 341 g/mol. The third kappa shape index (κ3) is 3.29. The number of halogens is 3. The summed E-state index contributed by atoms with van der Waals surface area (Å²) in [7, 11) is 0. The van der Waals surface area contributed by atoms with E-state index in [1.807, 2.05) is 0 Å². The first-order valence-corrected chi connectivity index (χ1v) is 7.24. The summed E-state index contributed by atoms with van der Waals surface area (Å²) in [6.45, 7) is 0.463. The second-order valence-electron chi connectivity index (χ2n) is 5.41. The number of aromatic hydroxyl groups is 1. The Labute approximate surface area is 134 Å². The number of likely N-dealkylation sites (tertiary alicyclic amines) is 1. The van der Waals surface area contributed by atoms with Crippen molar-refractivity contribution in [3.63, 3.8) is 0 Å². The zero-order chi connectivity index (χ0) is 17.3. The van der Waals surface area contributed by atoms with E-state index in [0.717, 1.165) is 18.4 Å². The topological polar surface area (TPSA) is 78.6 Å². The van der Waals surface area contributed by atoms with Crippen LogP contribution in [0.25, 0.3) is 0 Å². The average Bonchev–Trinajstić information content (AvgIpc) is 3.16. The number of rotatable bonds is 2. The van der Waals surface area contributed by atoms with Gasteiger partial charge in [-0.05, 0) is 30.5 Å². The number of benzene rings is 1. The molecule has 3 rings (SSSR count). The van der Waals surface area contributed by atoms with Crippen LogP contribution in [0.5, 0.6) is 5.75 Å². The molecule has 0 radical (unpaired) electrons. The van der Waals surface area contributed by atoms with E-state index in [1.54, 1.807) is 12.1 Å². The van der Waals surface area contributed by atoms with Crippen molar-refractivity contribution in [1.29, 1.82) is 0 Å². The molecule has 1 fully saturated rings. The summed E-state index contributed by atoms with van der Waals surface area (Å²) in [4.78, 5) is 17.0. The molecule has 6 nitrogen and oxygen atoms in total. The largest absolute Gasteiger partial charge is 0.508 e. The fourth-order valence-electron chi connectivity index (χ4n) is 2.68. The molecular weight excluding hydrogens is 327 g/mol. The minimum atomic E-state index is -4.63. The maximum absolute atomic E-state index is 12.5. The van der Waals surface area contributed by atoms with Gasteiger partial charge in [-0.2, -0.15) is 18.2 Å². The number of carbonyl (C=O) groups excluding carboxylic acids is 1. The van der Waals surface area contributed by atoms with E-state index in [0.29, 0.717) is 12.8 Å². The molecule has 2 amide bonds. The van der Waals surface area contributed by atoms with Gasteiger partial charge in [0.1, 0.15) is 12.0 Å². The van der Waals surface area contributed by atoms with Gasteiger partial charge < -0.3 is 14.4 Å². The first-order chi connectivity index (χ1) is 11.3. The lowest BCUT2D eigenvalue weighted by Gasteiger charge is -2.24. The molecule has 0 spiro atoms. The summed E-state index contributed by atoms with van der Waals surface area (Å²) in [6.07, 6.45) is -2.69. The Morgan fingerprint density at radius 1 is 1.33 bits per heavy atom. The van der Waals surface area contributed by atoms with E-state index < -0.39 is 23.9 Å². The van der Waals surface area contributed by atoms with Crippen LogP contribution in [0, 0.1) is 0 Å². The monoisotopic (exact) mass is 341 g/mol. The lowest BCUT2D eigenvalue weighted by Crippen LogP contribution is -2.34. The number of phenols is 1. The molecule has 9 heteroatoms. The van der Waals surface area contributed by atoms with Crippen LogP contribution in [-0.4, -0.2) is 27.6 Å². The van der Waals surface area contributed by atoms with Crippen LogP contribution in [0.3, 0.4) is 0 Å². The fraction of sp³-hybridized carbons (Fsp3) is 0.333. The molecule has 1 aromatic carbocycles. The van der Waals surface area contributed by atoms with E-state index in [2.05, 4.69) is 14.7 Å². The summed E-state index contributed by atoms with van der Waals surface area (Å²) >= 11 is 0. The fourth-order valence-corrected chi connectivity index (χ4v) is 2.68. The number of alkyl halides is 3. The maximum atomic E-state index is 12.5. The highest BCUT2D eigenvalue weighted by atomic mass is 19.4. The Morgan fingerprint density at radius 2 is 2.04 bits per heavy atom. The molecule has 1 atom stereocenters. The van der Waals surface area contributed by atoms with Crippen molar-refractivity contribution in [2.75, 3.05) is 11.9 Å². The number of hydrogen-bond donors (Lipinski definition) is 2. The Balaban J connectivity index is 1.72. The second kappa shape index (κ2) is 6.06. The van der Waals surface area contributed by atoms with Crippen molar-refractivity contribution < 1.29 is 27.5 Å². The van der Waals surface area contributed by atoms with Gasteiger partial charge >= 0.3 is 18.2 Å². The molecule has 2 N–H and O–H groups in total. The number of anilines is 1. The third-order valence-electron chi connectivity index (χ3n) is 3.80. The van der Waals surface area contributed by atoms with E-state index >= 15 is 0 Å². The van der Waals surface area contributed by atoms with Gasteiger partial charge in [-0.1, -0.05) is 12.1 Å². The molecule has 0 aliphatic carbocycles. The van der Waals surface area contributed by atoms with Crippen LogP contribution in [0.1, 0.15) is 30.1 Å². The van der Waals surface area contributed by atoms with Crippen molar-refractivity contribution in [2.24, 2.45) is 0 Å². The summed E-state index contributed by atoms with van der Waals surface area (Å²) in [5.41, 5.74) is -0.363. The van der Waals surface area contributed by atoms with Crippen molar-refractivity contribution in [1.82, 2.24) is 9.88 Å². The Kier molecular flexibility index (Phi) is 4.08. The zero-order valence-corrected chi connectivity index (χ0v) is 12.4. The summed E-state index contributed by atoms with van der Waals surface area (Å²) in [5.74, 6) is 0.118. The summed E-state index contributed by atoms with van der Waals surface area (Å²) < 4.78 is 42.1. The first kappa shape index (κ1) is 16.2. The zero-order valence-electron chi connectivity index (χ0n) is 12.4. The summed E-state index contributed by atoms with van der Waals surface area (Å²) in [6, 6.07) is 5.16. The molecule has 1 aromatic heterocycles. The standard InChI is InChI=1S/C15H14F3N3O3/c16-15(17,18)12-8-24-13(19-12)20-14(23)21-7-1-2-11(21)9-3-5-10(22)6-4-9/h3-6,8,11,22H,1-2,7H2,(H,19,20,23). The molecule has 1 saturated heterocycles. The van der Waals surface area contributed by atoms with Crippen molar-refractivity contribution in [3.05, 3.63) is 41.8 Å². The number of aromatic nitrogens is 1.